The zero-order chi connectivity index (χ0) is 33.9. The molecule has 4 aromatic carbocycles. The number of rotatable bonds is 6. The largest absolute Gasteiger partial charge is 0.504 e. The molecule has 0 saturated heterocycles. The monoisotopic (exact) mass is 784 g/mol. The maximum absolute atomic E-state index is 7.65. The minimum absolute atomic E-state index is 0. The third-order valence-corrected chi connectivity index (χ3v) is 8.53. The zero-order valence-corrected chi connectivity index (χ0v) is 28.9. The van der Waals surface area contributed by atoms with Crippen LogP contribution in [0.1, 0.15) is 37.5 Å². The fourth-order valence-electron chi connectivity index (χ4n) is 6.95. The van der Waals surface area contributed by atoms with Gasteiger partial charge in [0.25, 0.3) is 0 Å². The van der Waals surface area contributed by atoms with Crippen LogP contribution in [0.15, 0.2) is 85.3 Å². The van der Waals surface area contributed by atoms with E-state index in [-0.39, 0.29) is 27.9 Å². The maximum Gasteiger partial charge on any atom is 0.319 e. The molecule has 5 nitrogen and oxygen atoms in total. The van der Waals surface area contributed by atoms with E-state index in [0.717, 1.165) is 26.5 Å². The summed E-state index contributed by atoms with van der Waals surface area (Å²) in [6.07, 6.45) is 7.75. The molecule has 0 N–H and O–H groups in total. The molecule has 0 aliphatic rings. The van der Waals surface area contributed by atoms with Crippen molar-refractivity contribution < 1.29 is 34.5 Å². The second-order valence-corrected chi connectivity index (χ2v) is 12.0. The van der Waals surface area contributed by atoms with Crippen LogP contribution in [0.25, 0.3) is 27.6 Å². The van der Waals surface area contributed by atoms with Crippen LogP contribution in [0, 0.1) is 60.0 Å². The minimum Gasteiger partial charge on any atom is -0.504 e. The Morgan fingerprint density at radius 3 is 2.07 bits per heavy atom. The van der Waals surface area contributed by atoms with Gasteiger partial charge in [-0.2, -0.15) is 12.1 Å². The van der Waals surface area contributed by atoms with Crippen molar-refractivity contribution in [3.63, 3.8) is 0 Å². The topological polar surface area (TPSA) is 35.9 Å². The van der Waals surface area contributed by atoms with Crippen molar-refractivity contribution in [1.29, 1.82) is 0 Å². The first-order valence-corrected chi connectivity index (χ1v) is 15.1. The van der Waals surface area contributed by atoms with E-state index in [1.54, 1.807) is 10.8 Å². The van der Waals surface area contributed by atoms with Gasteiger partial charge in [0, 0.05) is 62.2 Å². The van der Waals surface area contributed by atoms with Crippen LogP contribution in [0.5, 0.6) is 11.5 Å². The van der Waals surface area contributed by atoms with Crippen LogP contribution in [0.3, 0.4) is 0 Å². The normalized spacial score (nSPS) is 12.4. The Morgan fingerprint density at radius 1 is 0.783 bits per heavy atom. The molecule has 0 spiro atoms. The summed E-state index contributed by atoms with van der Waals surface area (Å²) in [6.45, 7) is 10.7. The third-order valence-electron chi connectivity index (χ3n) is 8.53. The van der Waals surface area contributed by atoms with Crippen LogP contribution >= 0.6 is 0 Å². The first kappa shape index (κ1) is 27.9. The van der Waals surface area contributed by atoms with Crippen molar-refractivity contribution in [3.8, 4) is 17.2 Å². The van der Waals surface area contributed by atoms with Crippen molar-refractivity contribution >= 4 is 39.7 Å². The molecule has 0 aliphatic carbocycles. The molecule has 7 heteroatoms. The summed E-state index contributed by atoms with van der Waals surface area (Å²) in [5, 5.41) is 0.867. The van der Waals surface area contributed by atoms with Crippen molar-refractivity contribution in [1.82, 2.24) is 14.0 Å². The number of aryl methyl sites for hydroxylation is 7. The molecule has 0 unspecified atom stereocenters. The fourth-order valence-corrected chi connectivity index (χ4v) is 6.95. The zero-order valence-electron chi connectivity index (χ0n) is 29.7. The molecule has 7 rings (SSSR count). The molecule has 0 atom stereocenters. The third kappa shape index (κ3) is 5.60. The van der Waals surface area contributed by atoms with Gasteiger partial charge in [-0.25, -0.2) is 0 Å². The summed E-state index contributed by atoms with van der Waals surface area (Å²) in [4.78, 5) is 4.87. The Labute approximate surface area is 290 Å². The van der Waals surface area contributed by atoms with Crippen molar-refractivity contribution in [2.75, 3.05) is 0 Å². The first-order chi connectivity index (χ1) is 22.9. The number of aromatic nitrogens is 4. The molecule has 232 valence electrons. The SMILES string of the molecule is [2H]C([2H])([2H])[n+]1[c-]n(-c2[c-]c(Oc3[c-]c4c5ncccc5n(B(c5c(C)cc(C)cc5C)c5c(C)cc(C)cc5C)c4cc3)ccc2)cc1.[Pt]. The fraction of sp³-hybridized carbons (Fsp3) is 0.179. The van der Waals surface area contributed by atoms with E-state index in [2.05, 4.69) is 101 Å². The summed E-state index contributed by atoms with van der Waals surface area (Å²) < 4.78 is 34.3. The van der Waals surface area contributed by atoms with E-state index in [1.165, 1.54) is 50.5 Å². The van der Waals surface area contributed by atoms with E-state index in [9.17, 15) is 0 Å². The minimum atomic E-state index is -2.32. The Balaban J connectivity index is 0.00000417. The second kappa shape index (κ2) is 12.4. The van der Waals surface area contributed by atoms with Gasteiger partial charge in [0.15, 0.2) is 0 Å². The van der Waals surface area contributed by atoms with Crippen molar-refractivity contribution in [2.45, 2.75) is 41.5 Å². The Bertz CT molecular complexity index is 2260. The molecule has 0 fully saturated rings. The molecule has 0 amide bonds. The van der Waals surface area contributed by atoms with Crippen LogP contribution in [0.2, 0.25) is 0 Å². The number of pyridine rings is 1. The van der Waals surface area contributed by atoms with Gasteiger partial charge in [-0.05, 0) is 64.6 Å². The van der Waals surface area contributed by atoms with Crippen LogP contribution in [0.4, 0.5) is 0 Å². The quantitative estimate of drug-likeness (QED) is 0.110. The summed E-state index contributed by atoms with van der Waals surface area (Å²) in [5.74, 6) is 0.994. The maximum atomic E-state index is 7.65. The standard InChI is InChI=1S/C39H35BN4O.Pt/c1-25-18-27(3)37(28(4)19-25)40(38-29(5)20-26(2)21-30(38)6)44-35-14-13-33(23-34(35)39-36(44)12-9-15-41-39)45-32-11-8-10-31(22-32)43-17-16-42(7)24-43;/h8-21H,1-7H3;/q-2;/i7D3;. The van der Waals surface area contributed by atoms with Gasteiger partial charge in [0.2, 0.25) is 6.33 Å². The van der Waals surface area contributed by atoms with Gasteiger partial charge in [-0.15, -0.1) is 18.2 Å². The van der Waals surface area contributed by atoms with Crippen molar-refractivity contribution in [2.24, 2.45) is 6.98 Å². The number of nitrogens with zero attached hydrogens (tertiary/aromatic N) is 4. The second-order valence-electron chi connectivity index (χ2n) is 12.0. The summed E-state index contributed by atoms with van der Waals surface area (Å²) in [5.41, 5.74) is 13.5. The van der Waals surface area contributed by atoms with Crippen LogP contribution in [-0.2, 0) is 28.0 Å². The summed E-state index contributed by atoms with van der Waals surface area (Å²) >= 11 is 0. The van der Waals surface area contributed by atoms with Gasteiger partial charge in [0.1, 0.15) is 0 Å². The molecule has 7 aromatic rings. The number of hydrogen-bond acceptors (Lipinski definition) is 2. The average molecular weight is 785 g/mol. The molecule has 46 heavy (non-hydrogen) atoms. The number of benzene rings is 4. The van der Waals surface area contributed by atoms with Crippen LogP contribution < -0.4 is 20.2 Å². The van der Waals surface area contributed by atoms with Gasteiger partial charge in [-0.1, -0.05) is 86.4 Å². The molecular formula is C39H35BN4OPt-2. The Morgan fingerprint density at radius 2 is 1.43 bits per heavy atom. The summed E-state index contributed by atoms with van der Waals surface area (Å²) in [7, 11) is 0. The number of hydrogen-bond donors (Lipinski definition) is 0. The Kier molecular flexibility index (Phi) is 7.52. The number of ether oxygens (including phenoxy) is 1. The average Bonchev–Trinajstić information content (AvgIpc) is 3.64. The smallest absolute Gasteiger partial charge is 0.319 e. The van der Waals surface area contributed by atoms with E-state index in [4.69, 9.17) is 13.8 Å². The number of imidazole rings is 1. The van der Waals surface area contributed by atoms with Gasteiger partial charge in [-0.3, -0.25) is 0 Å². The molecule has 0 saturated carbocycles. The molecule has 0 bridgehead atoms. The van der Waals surface area contributed by atoms with E-state index < -0.39 is 6.98 Å². The molecule has 3 heterocycles. The Hall–Kier alpha value is -4.41. The van der Waals surface area contributed by atoms with Gasteiger partial charge >= 0.3 is 6.85 Å². The molecule has 0 radical (unpaired) electrons. The van der Waals surface area contributed by atoms with Gasteiger partial charge < -0.3 is 23.3 Å². The van der Waals surface area contributed by atoms with E-state index in [0.29, 0.717) is 17.2 Å². The summed E-state index contributed by atoms with van der Waals surface area (Å²) in [6, 6.07) is 29.5. The van der Waals surface area contributed by atoms with Crippen LogP contribution in [-0.4, -0.2) is 20.9 Å². The molecule has 3 aromatic heterocycles. The van der Waals surface area contributed by atoms with Crippen molar-refractivity contribution in [3.05, 3.63) is 137 Å². The van der Waals surface area contributed by atoms with E-state index in [1.807, 2.05) is 36.5 Å². The van der Waals surface area contributed by atoms with E-state index >= 15 is 0 Å². The predicted molar refractivity (Wildman–Crippen MR) is 182 cm³/mol. The first-order valence-electron chi connectivity index (χ1n) is 16.6. The molecular weight excluding hydrogens is 746 g/mol. The number of fused-ring (bicyclic) bond motifs is 3. The van der Waals surface area contributed by atoms with Gasteiger partial charge in [0.05, 0.1) is 11.1 Å². The molecule has 0 aliphatic heterocycles. The predicted octanol–water partition coefficient (Wildman–Crippen LogP) is 6.50.